The number of carbonyl (C=O) groups is 1. The summed E-state index contributed by atoms with van der Waals surface area (Å²) in [4.78, 5) is 14.7. The predicted molar refractivity (Wildman–Crippen MR) is 93.6 cm³/mol. The van der Waals surface area contributed by atoms with Gasteiger partial charge in [-0.1, -0.05) is 0 Å². The molecule has 0 spiro atoms. The van der Waals surface area contributed by atoms with Crippen molar-refractivity contribution in [2.45, 2.75) is 11.1 Å². The second-order valence-corrected chi connectivity index (χ2v) is 8.46. The van der Waals surface area contributed by atoms with E-state index in [4.69, 9.17) is 0 Å². The van der Waals surface area contributed by atoms with Gasteiger partial charge >= 0.3 is 0 Å². The number of carbonyl (C=O) groups excluding carboxylic acids is 1. The summed E-state index contributed by atoms with van der Waals surface area (Å²) in [6.07, 6.45) is 0. The average Bonchev–Trinajstić information content (AvgIpc) is 2.93. The van der Waals surface area contributed by atoms with Crippen molar-refractivity contribution in [3.8, 4) is 0 Å². The highest BCUT2D eigenvalue weighted by Crippen LogP contribution is 2.20. The smallest absolute Gasteiger partial charge is 0.250 e. The van der Waals surface area contributed by atoms with Gasteiger partial charge in [0.25, 0.3) is 10.0 Å². The first kappa shape index (κ1) is 17.5. The summed E-state index contributed by atoms with van der Waals surface area (Å²) >= 11 is 1.17. The van der Waals surface area contributed by atoms with E-state index in [2.05, 4.69) is 10.0 Å². The average molecular weight is 353 g/mol. The van der Waals surface area contributed by atoms with Crippen molar-refractivity contribution < 1.29 is 13.2 Å². The molecule has 2 rings (SSSR count). The largest absolute Gasteiger partial charge is 0.378 e. The number of thiophene rings is 1. The second kappa shape index (κ2) is 7.12. The minimum absolute atomic E-state index is 0.207. The van der Waals surface area contributed by atoms with Gasteiger partial charge in [0.15, 0.2) is 0 Å². The van der Waals surface area contributed by atoms with Crippen LogP contribution in [0.15, 0.2) is 40.6 Å². The number of rotatable bonds is 6. The lowest BCUT2D eigenvalue weighted by molar-refractivity contribution is -0.115. The molecule has 0 saturated carbocycles. The summed E-state index contributed by atoms with van der Waals surface area (Å²) in [6.45, 7) is 1.52. The molecule has 124 valence electrons. The van der Waals surface area contributed by atoms with E-state index in [1.807, 2.05) is 38.1 Å². The number of amides is 1. The molecule has 0 unspecified atom stereocenters. The summed E-state index contributed by atoms with van der Waals surface area (Å²) in [5.41, 5.74) is 1.63. The van der Waals surface area contributed by atoms with Crippen LogP contribution in [-0.4, -0.2) is 35.0 Å². The van der Waals surface area contributed by atoms with Crippen LogP contribution < -0.4 is 14.9 Å². The summed E-state index contributed by atoms with van der Waals surface area (Å²) in [6, 6.07) is 10.5. The topological polar surface area (TPSA) is 78.5 Å². The molecule has 2 aromatic rings. The first-order valence-electron chi connectivity index (χ1n) is 6.91. The lowest BCUT2D eigenvalue weighted by atomic mass is 10.2. The highest BCUT2D eigenvalue weighted by atomic mass is 32.2. The SMILES string of the molecule is Cc1ccc(S(=O)(=O)NCC(=O)Nc2ccc(N(C)C)cc2)s1. The van der Waals surface area contributed by atoms with E-state index in [0.29, 0.717) is 5.69 Å². The molecule has 0 aliphatic rings. The van der Waals surface area contributed by atoms with E-state index in [0.717, 1.165) is 10.6 Å². The molecule has 1 heterocycles. The van der Waals surface area contributed by atoms with Crippen molar-refractivity contribution >= 4 is 38.6 Å². The Morgan fingerprint density at radius 2 is 1.78 bits per heavy atom. The maximum Gasteiger partial charge on any atom is 0.250 e. The predicted octanol–water partition coefficient (Wildman–Crippen LogP) is 2.04. The molecule has 23 heavy (non-hydrogen) atoms. The quantitative estimate of drug-likeness (QED) is 0.833. The molecule has 0 atom stereocenters. The van der Waals surface area contributed by atoms with Gasteiger partial charge in [-0.25, -0.2) is 13.1 Å². The fourth-order valence-corrected chi connectivity index (χ4v) is 4.15. The molecule has 1 aromatic heterocycles. The number of hydrogen-bond acceptors (Lipinski definition) is 5. The van der Waals surface area contributed by atoms with E-state index >= 15 is 0 Å². The first-order chi connectivity index (χ1) is 10.8. The van der Waals surface area contributed by atoms with Crippen LogP contribution in [0.3, 0.4) is 0 Å². The molecule has 2 N–H and O–H groups in total. The third-order valence-corrected chi connectivity index (χ3v) is 5.96. The number of sulfonamides is 1. The van der Waals surface area contributed by atoms with Crippen LogP contribution in [0.25, 0.3) is 0 Å². The Balaban J connectivity index is 1.92. The van der Waals surface area contributed by atoms with Crippen LogP contribution in [0.2, 0.25) is 0 Å². The molecule has 8 heteroatoms. The summed E-state index contributed by atoms with van der Waals surface area (Å²) < 4.78 is 26.6. The van der Waals surface area contributed by atoms with Crippen molar-refractivity contribution in [1.29, 1.82) is 0 Å². The highest BCUT2D eigenvalue weighted by Gasteiger charge is 2.17. The van der Waals surface area contributed by atoms with Crippen molar-refractivity contribution in [2.24, 2.45) is 0 Å². The van der Waals surface area contributed by atoms with Crippen LogP contribution in [0.5, 0.6) is 0 Å². The van der Waals surface area contributed by atoms with E-state index in [1.54, 1.807) is 18.2 Å². The van der Waals surface area contributed by atoms with Gasteiger partial charge in [0, 0.05) is 30.3 Å². The van der Waals surface area contributed by atoms with Gasteiger partial charge in [-0.15, -0.1) is 11.3 Å². The van der Waals surface area contributed by atoms with Gasteiger partial charge in [-0.05, 0) is 43.3 Å². The summed E-state index contributed by atoms with van der Waals surface area (Å²) in [7, 11) is 0.207. The molecule has 0 aliphatic heterocycles. The number of hydrogen-bond donors (Lipinski definition) is 2. The Labute approximate surface area is 140 Å². The molecular formula is C15H19N3O3S2. The molecular weight excluding hydrogens is 334 g/mol. The zero-order chi connectivity index (χ0) is 17.0. The van der Waals surface area contributed by atoms with Gasteiger partial charge in [-0.2, -0.15) is 0 Å². The number of benzene rings is 1. The van der Waals surface area contributed by atoms with Gasteiger partial charge in [0.05, 0.1) is 6.54 Å². The third-order valence-electron chi connectivity index (χ3n) is 3.07. The Kier molecular flexibility index (Phi) is 5.40. The summed E-state index contributed by atoms with van der Waals surface area (Å²) in [5, 5.41) is 2.66. The standard InChI is InChI=1S/C15H19N3O3S2/c1-11-4-9-15(22-11)23(20,21)16-10-14(19)17-12-5-7-13(8-6-12)18(2)3/h4-9,16H,10H2,1-3H3,(H,17,19). The van der Waals surface area contributed by atoms with Crippen LogP contribution in [0, 0.1) is 6.92 Å². The monoisotopic (exact) mass is 353 g/mol. The van der Waals surface area contributed by atoms with Crippen molar-refractivity contribution in [1.82, 2.24) is 4.72 Å². The molecule has 1 amide bonds. The van der Waals surface area contributed by atoms with Crippen LogP contribution in [-0.2, 0) is 14.8 Å². The minimum atomic E-state index is -3.64. The molecule has 1 aromatic carbocycles. The maximum atomic E-state index is 12.0. The van der Waals surface area contributed by atoms with Crippen molar-refractivity contribution in [3.05, 3.63) is 41.3 Å². The maximum absolute atomic E-state index is 12.0. The van der Waals surface area contributed by atoms with Gasteiger partial charge in [-0.3, -0.25) is 4.79 Å². The lowest BCUT2D eigenvalue weighted by Gasteiger charge is -2.13. The normalized spacial score (nSPS) is 11.3. The Hall–Kier alpha value is -1.90. The lowest BCUT2D eigenvalue weighted by Crippen LogP contribution is -2.32. The first-order valence-corrected chi connectivity index (χ1v) is 9.21. The zero-order valence-corrected chi connectivity index (χ0v) is 14.8. The number of nitrogens with zero attached hydrogens (tertiary/aromatic N) is 1. The Morgan fingerprint density at radius 3 is 2.30 bits per heavy atom. The molecule has 0 aliphatic carbocycles. The fraction of sp³-hybridized carbons (Fsp3) is 0.267. The van der Waals surface area contributed by atoms with Crippen LogP contribution >= 0.6 is 11.3 Å². The van der Waals surface area contributed by atoms with E-state index < -0.39 is 15.9 Å². The van der Waals surface area contributed by atoms with Crippen LogP contribution in [0.4, 0.5) is 11.4 Å². The van der Waals surface area contributed by atoms with Crippen LogP contribution in [0.1, 0.15) is 4.88 Å². The van der Waals surface area contributed by atoms with E-state index in [9.17, 15) is 13.2 Å². The van der Waals surface area contributed by atoms with Gasteiger partial charge in [0.2, 0.25) is 5.91 Å². The summed E-state index contributed by atoms with van der Waals surface area (Å²) in [5.74, 6) is -0.417. The highest BCUT2D eigenvalue weighted by molar-refractivity contribution is 7.91. The molecule has 0 fully saturated rings. The number of nitrogens with one attached hydrogen (secondary N) is 2. The Bertz CT molecular complexity index is 781. The zero-order valence-electron chi connectivity index (χ0n) is 13.2. The molecule has 0 bridgehead atoms. The van der Waals surface area contributed by atoms with Crippen molar-refractivity contribution in [2.75, 3.05) is 30.9 Å². The molecule has 0 radical (unpaired) electrons. The number of aryl methyl sites for hydroxylation is 1. The Morgan fingerprint density at radius 1 is 1.13 bits per heavy atom. The number of anilines is 2. The van der Waals surface area contributed by atoms with Crippen molar-refractivity contribution in [3.63, 3.8) is 0 Å². The third kappa shape index (κ3) is 4.78. The van der Waals surface area contributed by atoms with Gasteiger partial charge in [0.1, 0.15) is 4.21 Å². The van der Waals surface area contributed by atoms with E-state index in [-0.39, 0.29) is 10.8 Å². The van der Waals surface area contributed by atoms with Gasteiger partial charge < -0.3 is 10.2 Å². The fourth-order valence-electron chi connectivity index (χ4n) is 1.84. The molecule has 6 nitrogen and oxygen atoms in total. The molecule has 0 saturated heterocycles. The van der Waals surface area contributed by atoms with E-state index in [1.165, 1.54) is 17.4 Å². The second-order valence-electron chi connectivity index (χ2n) is 5.18. The minimum Gasteiger partial charge on any atom is -0.378 e.